The summed E-state index contributed by atoms with van der Waals surface area (Å²) in [5.74, 6) is -0.953. The number of anilines is 2. The zero-order valence-electron chi connectivity index (χ0n) is 24.4. The van der Waals surface area contributed by atoms with Crippen LogP contribution in [0.2, 0.25) is 0 Å². The summed E-state index contributed by atoms with van der Waals surface area (Å²) in [6.45, 7) is -2.11. The molecule has 0 saturated carbocycles. The predicted molar refractivity (Wildman–Crippen MR) is 152 cm³/mol. The maximum atomic E-state index is 12.6. The third-order valence-electron chi connectivity index (χ3n) is 7.15. The van der Waals surface area contributed by atoms with Gasteiger partial charge in [-0.1, -0.05) is 0 Å². The Kier molecular flexibility index (Phi) is 10.6. The number of hydrogen-bond acceptors (Lipinski definition) is 19. The number of imidazole rings is 1. The van der Waals surface area contributed by atoms with Crippen LogP contribution in [0.3, 0.4) is 0 Å². The van der Waals surface area contributed by atoms with Crippen molar-refractivity contribution < 1.29 is 85.3 Å². The molecule has 0 aliphatic carbocycles. The van der Waals surface area contributed by atoms with Crippen LogP contribution >= 0.6 is 23.5 Å². The molecule has 49 heavy (non-hydrogen) atoms. The first kappa shape index (κ1) is 37.2. The molecule has 0 radical (unpaired) electrons. The van der Waals surface area contributed by atoms with Crippen LogP contribution in [0.15, 0.2) is 31.0 Å². The highest BCUT2D eigenvalue weighted by Crippen LogP contribution is 2.61. The highest BCUT2D eigenvalue weighted by Gasteiger charge is 2.50. The van der Waals surface area contributed by atoms with Gasteiger partial charge in [0.25, 0.3) is 19.5 Å². The Morgan fingerprint density at radius 3 is 2.20 bits per heavy atom. The second-order valence-corrected chi connectivity index (χ2v) is 14.6. The van der Waals surface area contributed by atoms with E-state index >= 15 is 0 Å². The summed E-state index contributed by atoms with van der Waals surface area (Å²) in [4.78, 5) is 64.2. The van der Waals surface area contributed by atoms with Crippen molar-refractivity contribution >= 4 is 52.2 Å². The van der Waals surface area contributed by atoms with E-state index in [2.05, 4.69) is 32.8 Å². The molecule has 12 N–H and O–H groups in total. The molecular formula is C21H29N8O17P3. The number of fused-ring (bicyclic) bond motifs is 1. The van der Waals surface area contributed by atoms with Crippen LogP contribution in [0.1, 0.15) is 22.8 Å². The maximum Gasteiger partial charge on any atom is 0.481 e. The molecule has 270 valence electrons. The third-order valence-corrected chi connectivity index (χ3v) is 10.3. The second-order valence-electron chi connectivity index (χ2n) is 10.4. The van der Waals surface area contributed by atoms with Crippen molar-refractivity contribution in [2.75, 3.05) is 24.7 Å². The quantitative estimate of drug-likeness (QED) is 0.0593. The number of aliphatic hydroxyl groups is 3. The molecule has 5 heterocycles. The zero-order valence-corrected chi connectivity index (χ0v) is 27.1. The maximum absolute atomic E-state index is 12.6. The van der Waals surface area contributed by atoms with Gasteiger partial charge in [0.2, 0.25) is 6.23 Å². The minimum absolute atomic E-state index is 0.0236. The van der Waals surface area contributed by atoms with Gasteiger partial charge in [-0.15, -0.1) is 0 Å². The number of pyridine rings is 1. The van der Waals surface area contributed by atoms with Crippen LogP contribution in [-0.2, 0) is 41.1 Å². The Hall–Kier alpha value is -3.06. The molecule has 0 spiro atoms. The number of nitrogens with zero attached hydrogens (tertiary/aromatic N) is 5. The second kappa shape index (κ2) is 13.9. The van der Waals surface area contributed by atoms with Gasteiger partial charge in [0.05, 0.1) is 25.1 Å². The van der Waals surface area contributed by atoms with Crippen molar-refractivity contribution in [2.45, 2.75) is 49.1 Å². The summed E-state index contributed by atoms with van der Waals surface area (Å²) in [6.07, 6.45) is -10.5. The molecule has 1 amide bonds. The zero-order chi connectivity index (χ0) is 36.1. The van der Waals surface area contributed by atoms with E-state index in [1.165, 1.54) is 12.1 Å². The van der Waals surface area contributed by atoms with Crippen molar-refractivity contribution in [1.82, 2.24) is 19.5 Å². The average Bonchev–Trinajstić information content (AvgIpc) is 3.64. The van der Waals surface area contributed by atoms with Crippen LogP contribution in [0, 0.1) is 0 Å². The molecular weight excluding hydrogens is 729 g/mol. The number of amides is 1. The number of aliphatic hydroxyl groups excluding tert-OH is 3. The number of ether oxygens (including phenoxy) is 2. The topological polar surface area (TPSA) is 394 Å². The fraction of sp³-hybridized carbons (Fsp3) is 0.476. The Labute approximate surface area is 273 Å². The summed E-state index contributed by atoms with van der Waals surface area (Å²) in [5.41, 5.74) is 16.8. The van der Waals surface area contributed by atoms with E-state index in [9.17, 15) is 53.4 Å². The van der Waals surface area contributed by atoms with Crippen molar-refractivity contribution in [1.29, 1.82) is 0 Å². The van der Waals surface area contributed by atoms with Gasteiger partial charge in [0.15, 0.2) is 17.7 Å². The number of carbonyl (C=O) groups is 1. The van der Waals surface area contributed by atoms with Crippen LogP contribution in [0.5, 0.6) is 0 Å². The molecule has 3 aromatic heterocycles. The summed E-state index contributed by atoms with van der Waals surface area (Å²) in [5, 5.41) is 31.6. The van der Waals surface area contributed by atoms with Gasteiger partial charge in [0, 0.05) is 6.07 Å². The van der Waals surface area contributed by atoms with Gasteiger partial charge in [0.1, 0.15) is 54.7 Å². The molecule has 4 unspecified atom stereocenters. The lowest BCUT2D eigenvalue weighted by Crippen LogP contribution is -2.48. The number of phosphoric ester groups is 3. The standard InChI is InChI=1S/C21H29N8O17P3/c22-11-2-1-8(18(24)33)3-28(11)20-15(32)13(30)9(43-20)4-41-48(37,38)46-49(39,40)42-5-10-14(31)16(45-47(34,35)36)21(44-10)29-7-27-12-17(23)25-6-26-19(12)29/h1-3,6-7,9-10,13-16,20-22,30-32H,4-5H2,(H8,23,24,25,26,33,34,35,36,37,38,39,40)/t9-,10+,13-,14-,15-,16+,20+,21?/m0/s1. The van der Waals surface area contributed by atoms with E-state index < -0.39 is 91.7 Å². The first-order valence-electron chi connectivity index (χ1n) is 13.5. The predicted octanol–water partition coefficient (Wildman–Crippen LogP) is -3.95. The molecule has 28 heteroatoms. The summed E-state index contributed by atoms with van der Waals surface area (Å²) < 4.78 is 68.0. The number of phosphoric acid groups is 3. The highest BCUT2D eigenvalue weighted by atomic mass is 31.3. The van der Waals surface area contributed by atoms with Crippen molar-refractivity contribution in [3.05, 3.63) is 36.5 Å². The average molecular weight is 758 g/mol. The monoisotopic (exact) mass is 758 g/mol. The van der Waals surface area contributed by atoms with E-state index in [1.54, 1.807) is 0 Å². The first-order chi connectivity index (χ1) is 22.8. The number of carbonyl (C=O) groups excluding carboxylic acids is 1. The van der Waals surface area contributed by atoms with Gasteiger partial charge in [-0.3, -0.25) is 28.7 Å². The molecule has 25 nitrogen and oxygen atoms in total. The first-order valence-corrected chi connectivity index (χ1v) is 18.0. The summed E-state index contributed by atoms with van der Waals surface area (Å²) in [7, 11) is -16.6. The molecule has 2 saturated heterocycles. The Morgan fingerprint density at radius 2 is 1.59 bits per heavy atom. The van der Waals surface area contributed by atoms with E-state index in [1.807, 2.05) is 0 Å². The number of rotatable bonds is 13. The Morgan fingerprint density at radius 1 is 0.959 bits per heavy atom. The molecule has 0 bridgehead atoms. The van der Waals surface area contributed by atoms with Gasteiger partial charge < -0.3 is 60.4 Å². The minimum Gasteiger partial charge on any atom is -0.756 e. The van der Waals surface area contributed by atoms with Crippen molar-refractivity contribution in [3.63, 3.8) is 0 Å². The van der Waals surface area contributed by atoms with Crippen LogP contribution in [-0.4, -0.2) is 105 Å². The fourth-order valence-electron chi connectivity index (χ4n) is 4.91. The minimum atomic E-state index is -5.56. The number of nitrogen functional groups attached to an aromatic ring is 2. The van der Waals surface area contributed by atoms with E-state index in [0.717, 1.165) is 28.0 Å². The normalized spacial score (nSPS) is 30.9. The fourth-order valence-corrected chi connectivity index (χ4v) is 7.54. The summed E-state index contributed by atoms with van der Waals surface area (Å²) in [6, 6.07) is 2.56. The number of primary amides is 1. The molecule has 11 atom stereocenters. The van der Waals surface area contributed by atoms with Crippen LogP contribution < -0.4 is 26.7 Å². The SMILES string of the molecule is NC(=O)c1ccc(N)[n+]([C@@H]2O[C@@H](COP(=O)(O)OP(=O)(O)OC[C@H]3OC(n4cnc5c(N)ncnc54)[C@H](OP(=O)([O-])O)[C@H]3O)[C@H](O)[C@@H]2O)c1. The van der Waals surface area contributed by atoms with Gasteiger partial charge >= 0.3 is 15.6 Å². The lowest BCUT2D eigenvalue weighted by atomic mass is 10.1. The lowest BCUT2D eigenvalue weighted by Gasteiger charge is -2.26. The van der Waals surface area contributed by atoms with Crippen molar-refractivity contribution in [2.24, 2.45) is 5.73 Å². The van der Waals surface area contributed by atoms with Crippen molar-refractivity contribution in [3.8, 4) is 0 Å². The molecule has 3 aromatic rings. The largest absolute Gasteiger partial charge is 0.756 e. The molecule has 2 aliphatic rings. The van der Waals surface area contributed by atoms with Crippen LogP contribution in [0.25, 0.3) is 11.2 Å². The van der Waals surface area contributed by atoms with E-state index in [4.69, 9.17) is 26.7 Å². The van der Waals surface area contributed by atoms with Crippen LogP contribution in [0.4, 0.5) is 11.6 Å². The number of aromatic nitrogens is 5. The van der Waals surface area contributed by atoms with E-state index in [0.29, 0.717) is 0 Å². The molecule has 2 fully saturated rings. The highest BCUT2D eigenvalue weighted by molar-refractivity contribution is 7.61. The van der Waals surface area contributed by atoms with Gasteiger partial charge in [-0.2, -0.15) is 4.31 Å². The lowest BCUT2D eigenvalue weighted by molar-refractivity contribution is -0.753. The Bertz CT molecular complexity index is 1860. The molecule has 5 rings (SSSR count). The smallest absolute Gasteiger partial charge is 0.481 e. The summed E-state index contributed by atoms with van der Waals surface area (Å²) >= 11 is 0. The Balaban J connectivity index is 1.22. The van der Waals surface area contributed by atoms with E-state index in [-0.39, 0.29) is 28.4 Å². The number of hydrogen-bond donors (Lipinski definition) is 9. The number of nitrogens with two attached hydrogens (primary N) is 3. The van der Waals surface area contributed by atoms with Gasteiger partial charge in [-0.05, 0) is 6.07 Å². The third kappa shape index (κ3) is 8.30. The van der Waals surface area contributed by atoms with Gasteiger partial charge in [-0.25, -0.2) is 28.6 Å². The molecule has 0 aromatic carbocycles. The molecule has 2 aliphatic heterocycles.